The number of aliphatic hydroxyl groups excluding tert-OH is 4. The highest BCUT2D eigenvalue weighted by molar-refractivity contribution is 5.47. The lowest BCUT2D eigenvalue weighted by molar-refractivity contribution is -0.116. The van der Waals surface area contributed by atoms with E-state index in [9.17, 15) is 15.3 Å². The van der Waals surface area contributed by atoms with Crippen LogP contribution in [-0.4, -0.2) is 58.0 Å². The minimum atomic E-state index is -1.58. The van der Waals surface area contributed by atoms with Crippen molar-refractivity contribution in [3.05, 3.63) is 108 Å². The third-order valence-corrected chi connectivity index (χ3v) is 5.41. The van der Waals surface area contributed by atoms with Crippen LogP contribution in [0.3, 0.4) is 0 Å². The summed E-state index contributed by atoms with van der Waals surface area (Å²) in [4.78, 5) is 0. The molecule has 6 heteroatoms. The van der Waals surface area contributed by atoms with Crippen LogP contribution in [0.2, 0.25) is 0 Å². The van der Waals surface area contributed by atoms with Gasteiger partial charge in [-0.1, -0.05) is 91.0 Å². The molecular formula is C25H29NO5. The average molecular weight is 424 g/mol. The van der Waals surface area contributed by atoms with E-state index in [0.717, 1.165) is 16.7 Å². The first-order valence-corrected chi connectivity index (χ1v) is 10.2. The van der Waals surface area contributed by atoms with Crippen LogP contribution in [0, 0.1) is 0 Å². The molecule has 0 fully saturated rings. The van der Waals surface area contributed by atoms with Gasteiger partial charge in [-0.05, 0) is 16.7 Å². The van der Waals surface area contributed by atoms with Gasteiger partial charge in [0.05, 0.1) is 25.4 Å². The summed E-state index contributed by atoms with van der Waals surface area (Å²) in [7, 11) is 0. The molecule has 0 bridgehead atoms. The van der Waals surface area contributed by atoms with Crippen LogP contribution in [-0.2, 0) is 10.3 Å². The SMILES string of the molecule is N[C@H](CO)[C@H](O)[C@H](O)[C@@H](O)COC(c1ccccc1)(c1ccccc1)c1ccccc1. The summed E-state index contributed by atoms with van der Waals surface area (Å²) in [6, 6.07) is 27.8. The predicted molar refractivity (Wildman–Crippen MR) is 118 cm³/mol. The van der Waals surface area contributed by atoms with Crippen molar-refractivity contribution in [2.75, 3.05) is 13.2 Å². The van der Waals surface area contributed by atoms with Gasteiger partial charge in [-0.3, -0.25) is 0 Å². The van der Waals surface area contributed by atoms with Gasteiger partial charge in [-0.2, -0.15) is 0 Å². The minimum Gasteiger partial charge on any atom is -0.395 e. The van der Waals surface area contributed by atoms with Crippen LogP contribution in [0.4, 0.5) is 0 Å². The Kier molecular flexibility index (Phi) is 7.92. The largest absolute Gasteiger partial charge is 0.395 e. The zero-order valence-corrected chi connectivity index (χ0v) is 17.2. The number of hydrogen-bond donors (Lipinski definition) is 5. The molecule has 6 N–H and O–H groups in total. The van der Waals surface area contributed by atoms with E-state index in [1.54, 1.807) is 0 Å². The lowest BCUT2D eigenvalue weighted by Gasteiger charge is -2.37. The van der Waals surface area contributed by atoms with E-state index >= 15 is 0 Å². The fourth-order valence-electron chi connectivity index (χ4n) is 3.67. The van der Waals surface area contributed by atoms with E-state index in [0.29, 0.717) is 0 Å². The lowest BCUT2D eigenvalue weighted by Crippen LogP contribution is -2.51. The molecule has 0 radical (unpaired) electrons. The second-order valence-corrected chi connectivity index (χ2v) is 7.49. The van der Waals surface area contributed by atoms with Crippen molar-refractivity contribution in [1.29, 1.82) is 0 Å². The highest BCUT2D eigenvalue weighted by Gasteiger charge is 2.39. The van der Waals surface area contributed by atoms with Crippen molar-refractivity contribution in [1.82, 2.24) is 0 Å². The summed E-state index contributed by atoms with van der Waals surface area (Å²) >= 11 is 0. The Morgan fingerprint density at radius 2 is 1.06 bits per heavy atom. The molecule has 0 aliphatic heterocycles. The summed E-state index contributed by atoms with van der Waals surface area (Å²) in [5, 5.41) is 40.1. The van der Waals surface area contributed by atoms with Crippen LogP contribution in [0.5, 0.6) is 0 Å². The summed E-state index contributed by atoms with van der Waals surface area (Å²) in [5.41, 5.74) is 7.08. The van der Waals surface area contributed by atoms with Gasteiger partial charge in [0.15, 0.2) is 0 Å². The summed E-state index contributed by atoms with van der Waals surface area (Å²) in [5.74, 6) is 0. The fraction of sp³-hybridized carbons (Fsp3) is 0.280. The molecule has 4 atom stereocenters. The fourth-order valence-corrected chi connectivity index (χ4v) is 3.67. The Labute approximate surface area is 182 Å². The quantitative estimate of drug-likeness (QED) is 0.315. The number of nitrogens with two attached hydrogens (primary N) is 1. The lowest BCUT2D eigenvalue weighted by atomic mass is 9.80. The molecule has 164 valence electrons. The van der Waals surface area contributed by atoms with Gasteiger partial charge in [0.2, 0.25) is 0 Å². The molecule has 3 aromatic carbocycles. The Bertz CT molecular complexity index is 810. The summed E-state index contributed by atoms with van der Waals surface area (Å²) < 4.78 is 6.41. The molecule has 31 heavy (non-hydrogen) atoms. The molecule has 0 heterocycles. The summed E-state index contributed by atoms with van der Waals surface area (Å²) in [6.45, 7) is -0.803. The molecule has 6 nitrogen and oxygen atoms in total. The maximum atomic E-state index is 10.6. The Morgan fingerprint density at radius 3 is 1.42 bits per heavy atom. The van der Waals surface area contributed by atoms with Crippen LogP contribution in [0.15, 0.2) is 91.0 Å². The van der Waals surface area contributed by atoms with Crippen molar-refractivity contribution >= 4 is 0 Å². The Morgan fingerprint density at radius 1 is 0.677 bits per heavy atom. The maximum absolute atomic E-state index is 10.6. The van der Waals surface area contributed by atoms with Gasteiger partial charge in [0.1, 0.15) is 17.8 Å². The van der Waals surface area contributed by atoms with E-state index in [1.807, 2.05) is 91.0 Å². The molecule has 0 saturated heterocycles. The van der Waals surface area contributed by atoms with E-state index in [4.69, 9.17) is 15.6 Å². The minimum absolute atomic E-state index is 0.283. The van der Waals surface area contributed by atoms with E-state index in [-0.39, 0.29) is 6.61 Å². The van der Waals surface area contributed by atoms with Crippen molar-refractivity contribution in [2.24, 2.45) is 5.73 Å². The third kappa shape index (κ3) is 5.02. The average Bonchev–Trinajstić information content (AvgIpc) is 2.84. The molecule has 0 saturated carbocycles. The van der Waals surface area contributed by atoms with Crippen LogP contribution in [0.1, 0.15) is 16.7 Å². The highest BCUT2D eigenvalue weighted by Crippen LogP contribution is 2.40. The van der Waals surface area contributed by atoms with Crippen molar-refractivity contribution in [3.63, 3.8) is 0 Å². The predicted octanol–water partition coefficient (Wildman–Crippen LogP) is 1.40. The first-order chi connectivity index (χ1) is 15.0. The molecule has 0 spiro atoms. The van der Waals surface area contributed by atoms with Gasteiger partial charge in [0.25, 0.3) is 0 Å². The number of hydrogen-bond acceptors (Lipinski definition) is 6. The van der Waals surface area contributed by atoms with Crippen LogP contribution >= 0.6 is 0 Å². The Balaban J connectivity index is 2.02. The molecule has 0 amide bonds. The number of aliphatic hydroxyl groups is 4. The second-order valence-electron chi connectivity index (χ2n) is 7.49. The van der Waals surface area contributed by atoms with Gasteiger partial charge in [0, 0.05) is 0 Å². The third-order valence-electron chi connectivity index (χ3n) is 5.41. The second kappa shape index (κ2) is 10.6. The zero-order chi connectivity index (χ0) is 22.3. The maximum Gasteiger partial charge on any atom is 0.143 e. The van der Waals surface area contributed by atoms with Crippen LogP contribution in [0.25, 0.3) is 0 Å². The van der Waals surface area contributed by atoms with Gasteiger partial charge in [-0.25, -0.2) is 0 Å². The number of benzene rings is 3. The van der Waals surface area contributed by atoms with Gasteiger partial charge >= 0.3 is 0 Å². The van der Waals surface area contributed by atoms with E-state index < -0.39 is 36.6 Å². The van der Waals surface area contributed by atoms with E-state index in [1.165, 1.54) is 0 Å². The van der Waals surface area contributed by atoms with Crippen molar-refractivity contribution < 1.29 is 25.2 Å². The normalized spacial score (nSPS) is 15.8. The Hall–Kier alpha value is -2.58. The zero-order valence-electron chi connectivity index (χ0n) is 17.2. The topological polar surface area (TPSA) is 116 Å². The smallest absolute Gasteiger partial charge is 0.143 e. The van der Waals surface area contributed by atoms with E-state index in [2.05, 4.69) is 0 Å². The molecule has 3 rings (SSSR count). The summed E-state index contributed by atoms with van der Waals surface area (Å²) in [6.07, 6.45) is -4.51. The standard InChI is InChI=1S/C25H29NO5/c26-21(16-27)23(29)24(30)22(28)17-31-25(18-10-4-1-5-11-18,19-12-6-2-7-13-19)20-14-8-3-9-15-20/h1-15,21-24,27-30H,16-17,26H2/t21-,22+,23+,24-/m1/s1. The first kappa shape index (κ1) is 23.1. The number of ether oxygens (including phenoxy) is 1. The molecular weight excluding hydrogens is 394 g/mol. The molecule has 0 aliphatic rings. The molecule has 0 aromatic heterocycles. The van der Waals surface area contributed by atoms with Crippen molar-refractivity contribution in [2.45, 2.75) is 30.0 Å². The molecule has 0 unspecified atom stereocenters. The van der Waals surface area contributed by atoms with Gasteiger partial charge in [-0.15, -0.1) is 0 Å². The monoisotopic (exact) mass is 423 g/mol. The highest BCUT2D eigenvalue weighted by atomic mass is 16.5. The first-order valence-electron chi connectivity index (χ1n) is 10.2. The van der Waals surface area contributed by atoms with Crippen molar-refractivity contribution in [3.8, 4) is 0 Å². The molecule has 0 aliphatic carbocycles. The van der Waals surface area contributed by atoms with Crippen LogP contribution < -0.4 is 5.73 Å². The van der Waals surface area contributed by atoms with Gasteiger partial charge < -0.3 is 30.9 Å². The molecule has 3 aromatic rings. The number of rotatable bonds is 10.